The Morgan fingerprint density at radius 2 is 1.70 bits per heavy atom. The van der Waals surface area contributed by atoms with Crippen LogP contribution in [0.3, 0.4) is 0 Å². The van der Waals surface area contributed by atoms with Gasteiger partial charge in [-0.1, -0.05) is 11.6 Å². The van der Waals surface area contributed by atoms with Crippen LogP contribution in [0.4, 0.5) is 34.6 Å². The second-order valence-corrected chi connectivity index (χ2v) is 5.21. The van der Waals surface area contributed by atoms with E-state index in [9.17, 15) is 17.6 Å². The Kier molecular flexibility index (Phi) is 3.90. The van der Waals surface area contributed by atoms with Crippen molar-refractivity contribution >= 4 is 28.7 Å². The molecule has 0 aliphatic carbocycles. The van der Waals surface area contributed by atoms with Crippen LogP contribution in [0.15, 0.2) is 6.07 Å². The molecule has 1 aromatic carbocycles. The van der Waals surface area contributed by atoms with Crippen LogP contribution >= 0.6 is 11.6 Å². The van der Waals surface area contributed by atoms with E-state index in [1.54, 1.807) is 0 Å². The first-order valence-electron chi connectivity index (χ1n) is 6.06. The molecule has 1 heterocycles. The lowest BCUT2D eigenvalue weighted by atomic mass is 9.95. The van der Waals surface area contributed by atoms with Crippen molar-refractivity contribution < 1.29 is 17.6 Å². The molecule has 0 saturated carbocycles. The fraction of sp³-hybridized carbons (Fsp3) is 0.500. The van der Waals surface area contributed by atoms with Crippen molar-refractivity contribution in [1.29, 1.82) is 0 Å². The Hall–Kier alpha value is -1.37. The molecule has 1 fully saturated rings. The zero-order chi connectivity index (χ0) is 15.1. The van der Waals surface area contributed by atoms with Gasteiger partial charge in [0.25, 0.3) is 0 Å². The number of halogens is 5. The molecule has 4 N–H and O–H groups in total. The van der Waals surface area contributed by atoms with Crippen LogP contribution in [0.5, 0.6) is 0 Å². The standard InChI is InChI=1S/C12H14ClF4N3/c13-9-7(18)5-8(19)11(10(9)14)20-3-1-6(2-4-20)12(15,16)17/h5-6H,1-4,18-19H2. The number of nitrogens with zero attached hydrogens (tertiary/aromatic N) is 1. The zero-order valence-electron chi connectivity index (χ0n) is 10.5. The summed E-state index contributed by atoms with van der Waals surface area (Å²) in [6.07, 6.45) is -4.40. The molecule has 2 rings (SSSR count). The van der Waals surface area contributed by atoms with Gasteiger partial charge >= 0.3 is 6.18 Å². The number of anilines is 3. The Morgan fingerprint density at radius 1 is 1.15 bits per heavy atom. The van der Waals surface area contributed by atoms with E-state index in [4.69, 9.17) is 23.1 Å². The molecule has 0 amide bonds. The summed E-state index contributed by atoms with van der Waals surface area (Å²) in [6, 6.07) is 1.32. The van der Waals surface area contributed by atoms with Crippen molar-refractivity contribution in [1.82, 2.24) is 0 Å². The van der Waals surface area contributed by atoms with Crippen LogP contribution in [0.1, 0.15) is 12.8 Å². The minimum atomic E-state index is -4.21. The van der Waals surface area contributed by atoms with E-state index in [1.165, 1.54) is 11.0 Å². The summed E-state index contributed by atoms with van der Waals surface area (Å²) < 4.78 is 51.9. The summed E-state index contributed by atoms with van der Waals surface area (Å²) >= 11 is 5.71. The number of nitrogen functional groups attached to an aromatic ring is 2. The highest BCUT2D eigenvalue weighted by molar-refractivity contribution is 6.33. The molecule has 0 atom stereocenters. The second kappa shape index (κ2) is 5.20. The van der Waals surface area contributed by atoms with Crippen LogP contribution in [0, 0.1) is 11.7 Å². The van der Waals surface area contributed by atoms with Crippen molar-refractivity contribution in [2.75, 3.05) is 29.5 Å². The average Bonchev–Trinajstić information content (AvgIpc) is 2.36. The normalized spacial score (nSPS) is 17.6. The van der Waals surface area contributed by atoms with E-state index < -0.39 is 17.9 Å². The second-order valence-electron chi connectivity index (χ2n) is 4.83. The smallest absolute Gasteiger partial charge is 0.391 e. The van der Waals surface area contributed by atoms with Crippen molar-refractivity contribution in [2.24, 2.45) is 5.92 Å². The number of piperidine rings is 1. The van der Waals surface area contributed by atoms with E-state index in [0.29, 0.717) is 0 Å². The van der Waals surface area contributed by atoms with Gasteiger partial charge in [0, 0.05) is 13.1 Å². The summed E-state index contributed by atoms with van der Waals surface area (Å²) in [5.74, 6) is -2.14. The van der Waals surface area contributed by atoms with Crippen LogP contribution in [-0.4, -0.2) is 19.3 Å². The molecule has 20 heavy (non-hydrogen) atoms. The van der Waals surface area contributed by atoms with Crippen molar-refractivity contribution in [3.63, 3.8) is 0 Å². The first kappa shape index (κ1) is 15.0. The Labute approximate surface area is 118 Å². The first-order valence-corrected chi connectivity index (χ1v) is 6.44. The van der Waals surface area contributed by atoms with Gasteiger partial charge in [-0.05, 0) is 18.9 Å². The van der Waals surface area contributed by atoms with Gasteiger partial charge in [-0.3, -0.25) is 0 Å². The van der Waals surface area contributed by atoms with E-state index in [-0.39, 0.29) is 48.0 Å². The third-order valence-corrected chi connectivity index (χ3v) is 3.90. The number of hydrogen-bond acceptors (Lipinski definition) is 3. The third kappa shape index (κ3) is 2.72. The highest BCUT2D eigenvalue weighted by atomic mass is 35.5. The molecule has 112 valence electrons. The van der Waals surface area contributed by atoms with Gasteiger partial charge in [-0.25, -0.2) is 4.39 Å². The average molecular weight is 312 g/mol. The molecule has 1 aliphatic rings. The fourth-order valence-corrected chi connectivity index (χ4v) is 2.55. The largest absolute Gasteiger partial charge is 0.397 e. The van der Waals surface area contributed by atoms with Gasteiger partial charge in [-0.15, -0.1) is 0 Å². The molecule has 0 spiro atoms. The Balaban J connectivity index is 2.22. The quantitative estimate of drug-likeness (QED) is 0.617. The van der Waals surface area contributed by atoms with Gasteiger partial charge < -0.3 is 16.4 Å². The molecule has 8 heteroatoms. The van der Waals surface area contributed by atoms with E-state index in [0.717, 1.165) is 0 Å². The van der Waals surface area contributed by atoms with Crippen LogP contribution in [-0.2, 0) is 0 Å². The highest BCUT2D eigenvalue weighted by Crippen LogP contribution is 2.40. The summed E-state index contributed by atoms with van der Waals surface area (Å²) in [6.45, 7) is 0.150. The van der Waals surface area contributed by atoms with Gasteiger partial charge in [-0.2, -0.15) is 13.2 Å². The molecule has 1 aliphatic heterocycles. The molecular weight excluding hydrogens is 298 g/mol. The molecule has 0 aromatic heterocycles. The molecule has 0 unspecified atom stereocenters. The van der Waals surface area contributed by atoms with Gasteiger partial charge in [0.05, 0.1) is 23.0 Å². The summed E-state index contributed by atoms with van der Waals surface area (Å²) in [5, 5.41) is -0.257. The lowest BCUT2D eigenvalue weighted by Crippen LogP contribution is -2.39. The number of alkyl halides is 3. The predicted octanol–water partition coefficient (Wildman–Crippen LogP) is 3.42. The monoisotopic (exact) mass is 311 g/mol. The summed E-state index contributed by atoms with van der Waals surface area (Å²) in [7, 11) is 0. The maximum atomic E-state index is 14.1. The number of hydrogen-bond donors (Lipinski definition) is 2. The molecular formula is C12H14ClF4N3. The first-order chi connectivity index (χ1) is 9.21. The lowest BCUT2D eigenvalue weighted by Gasteiger charge is -2.35. The van der Waals surface area contributed by atoms with Crippen LogP contribution in [0.2, 0.25) is 5.02 Å². The molecule has 1 saturated heterocycles. The number of nitrogens with two attached hydrogens (primary N) is 2. The molecule has 0 bridgehead atoms. The van der Waals surface area contributed by atoms with Crippen molar-refractivity contribution in [2.45, 2.75) is 19.0 Å². The van der Waals surface area contributed by atoms with E-state index in [2.05, 4.69) is 0 Å². The minimum absolute atomic E-state index is 0.00981. The maximum absolute atomic E-state index is 14.1. The minimum Gasteiger partial charge on any atom is -0.397 e. The lowest BCUT2D eigenvalue weighted by molar-refractivity contribution is -0.179. The SMILES string of the molecule is Nc1cc(N)c(N2CCC(C(F)(F)F)CC2)c(F)c1Cl. The molecule has 1 aromatic rings. The Morgan fingerprint density at radius 3 is 2.20 bits per heavy atom. The van der Waals surface area contributed by atoms with Crippen molar-refractivity contribution in [3.8, 4) is 0 Å². The predicted molar refractivity (Wildman–Crippen MR) is 71.2 cm³/mol. The third-order valence-electron chi connectivity index (χ3n) is 3.51. The molecule has 3 nitrogen and oxygen atoms in total. The summed E-state index contributed by atoms with van der Waals surface area (Å²) in [4.78, 5) is 1.48. The zero-order valence-corrected chi connectivity index (χ0v) is 11.2. The highest BCUT2D eigenvalue weighted by Gasteiger charge is 2.41. The Bertz CT molecular complexity index is 510. The molecule has 0 radical (unpaired) electrons. The van der Waals surface area contributed by atoms with Gasteiger partial charge in [0.2, 0.25) is 0 Å². The van der Waals surface area contributed by atoms with Crippen LogP contribution in [0.25, 0.3) is 0 Å². The maximum Gasteiger partial charge on any atom is 0.391 e. The fourth-order valence-electron chi connectivity index (χ4n) is 2.41. The van der Waals surface area contributed by atoms with Crippen molar-refractivity contribution in [3.05, 3.63) is 16.9 Å². The van der Waals surface area contributed by atoms with E-state index >= 15 is 0 Å². The topological polar surface area (TPSA) is 55.3 Å². The number of rotatable bonds is 1. The van der Waals surface area contributed by atoms with Gasteiger partial charge in [0.15, 0.2) is 5.82 Å². The van der Waals surface area contributed by atoms with E-state index in [1.807, 2.05) is 0 Å². The van der Waals surface area contributed by atoms with Crippen LogP contribution < -0.4 is 16.4 Å². The van der Waals surface area contributed by atoms with Gasteiger partial charge in [0.1, 0.15) is 5.02 Å². The summed E-state index contributed by atoms with van der Waals surface area (Å²) in [5.41, 5.74) is 11.3. The number of benzene rings is 1.